The number of rotatable bonds is 3. The van der Waals surface area contributed by atoms with Crippen molar-refractivity contribution in [1.82, 2.24) is 19.5 Å². The molecule has 0 amide bonds. The van der Waals surface area contributed by atoms with Gasteiger partial charge in [-0.3, -0.25) is 4.57 Å². The van der Waals surface area contributed by atoms with Crippen molar-refractivity contribution >= 4 is 34.3 Å². The van der Waals surface area contributed by atoms with Gasteiger partial charge in [-0.1, -0.05) is 29.8 Å². The summed E-state index contributed by atoms with van der Waals surface area (Å²) < 4.78 is 1.91. The topological polar surface area (TPSA) is 55.6 Å². The van der Waals surface area contributed by atoms with Crippen LogP contribution in [-0.2, 0) is 0 Å². The Morgan fingerprint density at radius 1 is 0.870 bits per heavy atom. The van der Waals surface area contributed by atoms with E-state index in [2.05, 4.69) is 20.3 Å². The van der Waals surface area contributed by atoms with E-state index in [1.165, 1.54) is 6.33 Å². The lowest BCUT2D eigenvalue weighted by Gasteiger charge is -2.06. The molecule has 0 unspecified atom stereocenters. The summed E-state index contributed by atoms with van der Waals surface area (Å²) in [7, 11) is 0. The van der Waals surface area contributed by atoms with Gasteiger partial charge in [0, 0.05) is 16.4 Å². The second kappa shape index (κ2) is 5.70. The third kappa shape index (κ3) is 2.62. The maximum Gasteiger partial charge on any atom is 0.170 e. The minimum Gasteiger partial charge on any atom is -0.338 e. The summed E-state index contributed by atoms with van der Waals surface area (Å²) in [6, 6.07) is 17.4. The quantitative estimate of drug-likeness (QED) is 0.614. The van der Waals surface area contributed by atoms with Gasteiger partial charge in [0.25, 0.3) is 0 Å². The molecule has 0 fully saturated rings. The molecule has 112 valence electrons. The maximum atomic E-state index is 5.95. The lowest BCUT2D eigenvalue weighted by atomic mass is 10.3. The standard InChI is InChI=1S/C17H12ClN5/c18-12-6-8-14(9-7-12)23-11-21-15-16(19-10-20-17(15)23)22-13-4-2-1-3-5-13/h1-11H,(H,19,20,22). The van der Waals surface area contributed by atoms with Crippen molar-refractivity contribution < 1.29 is 0 Å². The number of fused-ring (bicyclic) bond motifs is 1. The molecule has 0 saturated heterocycles. The number of hydrogen-bond acceptors (Lipinski definition) is 4. The molecule has 2 aromatic carbocycles. The third-order valence-electron chi connectivity index (χ3n) is 3.47. The van der Waals surface area contributed by atoms with E-state index in [9.17, 15) is 0 Å². The minimum atomic E-state index is 0.675. The smallest absolute Gasteiger partial charge is 0.170 e. The van der Waals surface area contributed by atoms with Crippen LogP contribution in [0, 0.1) is 0 Å². The van der Waals surface area contributed by atoms with Crippen LogP contribution in [0.3, 0.4) is 0 Å². The molecule has 0 bridgehead atoms. The second-order valence-electron chi connectivity index (χ2n) is 4.98. The zero-order valence-corrected chi connectivity index (χ0v) is 12.8. The van der Waals surface area contributed by atoms with Gasteiger partial charge in [-0.2, -0.15) is 0 Å². The highest BCUT2D eigenvalue weighted by molar-refractivity contribution is 6.30. The van der Waals surface area contributed by atoms with Crippen molar-refractivity contribution in [2.75, 3.05) is 5.32 Å². The Kier molecular flexibility index (Phi) is 3.40. The Morgan fingerprint density at radius 3 is 2.43 bits per heavy atom. The SMILES string of the molecule is Clc1ccc(-n2cnc3c(Nc4ccccc4)ncnc32)cc1. The van der Waals surface area contributed by atoms with Crippen LogP contribution < -0.4 is 5.32 Å². The number of benzene rings is 2. The molecule has 0 aliphatic rings. The van der Waals surface area contributed by atoms with E-state index in [0.29, 0.717) is 16.4 Å². The average Bonchev–Trinajstić information content (AvgIpc) is 3.02. The Bertz CT molecular complexity index is 948. The van der Waals surface area contributed by atoms with E-state index in [-0.39, 0.29) is 0 Å². The van der Waals surface area contributed by atoms with Crippen LogP contribution >= 0.6 is 11.6 Å². The molecular weight excluding hydrogens is 310 g/mol. The first-order chi connectivity index (χ1) is 11.3. The summed E-state index contributed by atoms with van der Waals surface area (Å²) in [6.07, 6.45) is 3.26. The average molecular weight is 322 g/mol. The molecule has 0 atom stereocenters. The van der Waals surface area contributed by atoms with Crippen LogP contribution in [0.25, 0.3) is 16.9 Å². The van der Waals surface area contributed by atoms with E-state index in [1.54, 1.807) is 6.33 Å². The second-order valence-corrected chi connectivity index (χ2v) is 5.41. The molecule has 23 heavy (non-hydrogen) atoms. The van der Waals surface area contributed by atoms with Gasteiger partial charge in [0.2, 0.25) is 0 Å². The molecule has 1 N–H and O–H groups in total. The molecular formula is C17H12ClN5. The Labute approximate surface area is 137 Å². The lowest BCUT2D eigenvalue weighted by molar-refractivity contribution is 1.06. The first-order valence-corrected chi connectivity index (χ1v) is 7.45. The van der Waals surface area contributed by atoms with Gasteiger partial charge in [0.05, 0.1) is 0 Å². The zero-order chi connectivity index (χ0) is 15.6. The maximum absolute atomic E-state index is 5.95. The fraction of sp³-hybridized carbons (Fsp3) is 0. The lowest BCUT2D eigenvalue weighted by Crippen LogP contribution is -1.98. The predicted molar refractivity (Wildman–Crippen MR) is 91.4 cm³/mol. The number of nitrogens with zero attached hydrogens (tertiary/aromatic N) is 4. The van der Waals surface area contributed by atoms with Gasteiger partial charge in [-0.05, 0) is 36.4 Å². The van der Waals surface area contributed by atoms with Crippen LogP contribution in [0.15, 0.2) is 67.3 Å². The van der Waals surface area contributed by atoms with Crippen molar-refractivity contribution in [1.29, 1.82) is 0 Å². The van der Waals surface area contributed by atoms with Crippen molar-refractivity contribution in [3.05, 3.63) is 72.3 Å². The minimum absolute atomic E-state index is 0.675. The van der Waals surface area contributed by atoms with Gasteiger partial charge < -0.3 is 5.32 Å². The number of para-hydroxylation sites is 1. The van der Waals surface area contributed by atoms with Crippen LogP contribution in [-0.4, -0.2) is 19.5 Å². The normalized spacial score (nSPS) is 10.8. The molecule has 0 radical (unpaired) electrons. The van der Waals surface area contributed by atoms with E-state index in [4.69, 9.17) is 11.6 Å². The molecule has 2 heterocycles. The fourth-order valence-electron chi connectivity index (χ4n) is 2.38. The van der Waals surface area contributed by atoms with Gasteiger partial charge in [-0.15, -0.1) is 0 Å². The first kappa shape index (κ1) is 13.7. The van der Waals surface area contributed by atoms with Crippen LogP contribution in [0.2, 0.25) is 5.02 Å². The monoisotopic (exact) mass is 321 g/mol. The van der Waals surface area contributed by atoms with E-state index in [1.807, 2.05) is 59.2 Å². The summed E-state index contributed by atoms with van der Waals surface area (Å²) >= 11 is 5.95. The van der Waals surface area contributed by atoms with Crippen molar-refractivity contribution in [3.63, 3.8) is 0 Å². The highest BCUT2D eigenvalue weighted by Gasteiger charge is 2.11. The summed E-state index contributed by atoms with van der Waals surface area (Å²) in [5, 5.41) is 3.97. The third-order valence-corrected chi connectivity index (χ3v) is 3.73. The van der Waals surface area contributed by atoms with Crippen molar-refractivity contribution in [2.24, 2.45) is 0 Å². The Balaban J connectivity index is 1.79. The zero-order valence-electron chi connectivity index (χ0n) is 12.0. The molecule has 0 aliphatic carbocycles. The molecule has 4 aromatic rings. The molecule has 0 aliphatic heterocycles. The summed E-state index contributed by atoms with van der Waals surface area (Å²) in [4.78, 5) is 13.1. The van der Waals surface area contributed by atoms with Crippen LogP contribution in [0.5, 0.6) is 0 Å². The number of nitrogens with one attached hydrogen (secondary N) is 1. The molecule has 0 spiro atoms. The first-order valence-electron chi connectivity index (χ1n) is 7.07. The van der Waals surface area contributed by atoms with Crippen molar-refractivity contribution in [2.45, 2.75) is 0 Å². The van der Waals surface area contributed by atoms with Gasteiger partial charge in [0.15, 0.2) is 17.0 Å². The van der Waals surface area contributed by atoms with Gasteiger partial charge in [-0.25, -0.2) is 15.0 Å². The summed E-state index contributed by atoms with van der Waals surface area (Å²) in [5.41, 5.74) is 3.35. The van der Waals surface area contributed by atoms with Gasteiger partial charge in [0.1, 0.15) is 12.7 Å². The number of anilines is 2. The number of halogens is 1. The molecule has 6 heteroatoms. The molecule has 0 saturated carbocycles. The van der Waals surface area contributed by atoms with Crippen molar-refractivity contribution in [3.8, 4) is 5.69 Å². The van der Waals surface area contributed by atoms with E-state index >= 15 is 0 Å². The van der Waals surface area contributed by atoms with Crippen LogP contribution in [0.1, 0.15) is 0 Å². The van der Waals surface area contributed by atoms with Gasteiger partial charge >= 0.3 is 0 Å². The molecule has 4 rings (SSSR count). The molecule has 5 nitrogen and oxygen atoms in total. The Morgan fingerprint density at radius 2 is 1.65 bits per heavy atom. The largest absolute Gasteiger partial charge is 0.338 e. The predicted octanol–water partition coefficient (Wildman–Crippen LogP) is 4.21. The van der Waals surface area contributed by atoms with Crippen LogP contribution in [0.4, 0.5) is 11.5 Å². The highest BCUT2D eigenvalue weighted by atomic mass is 35.5. The number of aromatic nitrogens is 4. The number of imidazole rings is 1. The molecule has 2 aromatic heterocycles. The van der Waals surface area contributed by atoms with E-state index < -0.39 is 0 Å². The summed E-state index contributed by atoms with van der Waals surface area (Å²) in [6.45, 7) is 0. The number of hydrogen-bond donors (Lipinski definition) is 1. The fourth-order valence-corrected chi connectivity index (χ4v) is 2.50. The van der Waals surface area contributed by atoms with E-state index in [0.717, 1.165) is 17.0 Å². The highest BCUT2D eigenvalue weighted by Crippen LogP contribution is 2.24. The summed E-state index contributed by atoms with van der Waals surface area (Å²) in [5.74, 6) is 0.675. The Hall–Kier alpha value is -2.92.